The molecule has 2 aromatic rings. The van der Waals surface area contributed by atoms with Gasteiger partial charge in [0.25, 0.3) is 0 Å². The highest BCUT2D eigenvalue weighted by Crippen LogP contribution is 2.22. The van der Waals surface area contributed by atoms with Crippen molar-refractivity contribution in [1.82, 2.24) is 20.7 Å². The van der Waals surface area contributed by atoms with Crippen LogP contribution in [0.2, 0.25) is 0 Å². The lowest BCUT2D eigenvalue weighted by molar-refractivity contribution is -0.117. The first-order valence-electron chi connectivity index (χ1n) is 8.15. The van der Waals surface area contributed by atoms with Crippen LogP contribution >= 0.6 is 0 Å². The number of amides is 1. The van der Waals surface area contributed by atoms with Crippen molar-refractivity contribution >= 4 is 17.5 Å². The minimum atomic E-state index is -0.327. The first-order valence-corrected chi connectivity index (χ1v) is 8.15. The van der Waals surface area contributed by atoms with E-state index >= 15 is 0 Å². The van der Waals surface area contributed by atoms with Crippen molar-refractivity contribution in [3.63, 3.8) is 0 Å². The van der Waals surface area contributed by atoms with E-state index in [0.717, 1.165) is 25.2 Å². The van der Waals surface area contributed by atoms with Crippen LogP contribution in [0.5, 0.6) is 0 Å². The first-order chi connectivity index (χ1) is 11.6. The molecule has 0 bridgehead atoms. The molecule has 1 amide bonds. The fraction of sp³-hybridized carbons (Fsp3) is 0.500. The molecule has 1 fully saturated rings. The molecule has 2 N–H and O–H groups in total. The van der Waals surface area contributed by atoms with Crippen LogP contribution in [0.1, 0.15) is 25.5 Å². The number of nitrogens with zero attached hydrogens (tertiary/aromatic N) is 4. The average molecular weight is 330 g/mol. The van der Waals surface area contributed by atoms with Crippen molar-refractivity contribution in [1.29, 1.82) is 0 Å². The molecule has 2 aromatic heterocycles. The average Bonchev–Trinajstić information content (AvgIpc) is 3.22. The van der Waals surface area contributed by atoms with Crippen LogP contribution < -0.4 is 15.5 Å². The largest absolute Gasteiger partial charge is 0.360 e. The predicted octanol–water partition coefficient (Wildman–Crippen LogP) is 1.36. The number of rotatable bonds is 6. The van der Waals surface area contributed by atoms with Gasteiger partial charge in [-0.3, -0.25) is 4.79 Å². The lowest BCUT2D eigenvalue weighted by atomic mass is 10.2. The molecule has 0 saturated carbocycles. The summed E-state index contributed by atoms with van der Waals surface area (Å²) in [6.07, 6.45) is 3.85. The molecule has 2 atom stereocenters. The minimum absolute atomic E-state index is 0.132. The highest BCUT2D eigenvalue weighted by Gasteiger charge is 2.26. The molecule has 0 aliphatic carbocycles. The van der Waals surface area contributed by atoms with Gasteiger partial charge >= 0.3 is 0 Å². The zero-order chi connectivity index (χ0) is 16.9. The quantitative estimate of drug-likeness (QED) is 0.825. The normalized spacial score (nSPS) is 18.6. The van der Waals surface area contributed by atoms with Crippen molar-refractivity contribution in [3.8, 4) is 0 Å². The summed E-state index contributed by atoms with van der Waals surface area (Å²) in [6, 6.07) is 5.53. The van der Waals surface area contributed by atoms with Crippen molar-refractivity contribution in [2.24, 2.45) is 0 Å². The van der Waals surface area contributed by atoms with Crippen molar-refractivity contribution in [2.45, 2.75) is 38.8 Å². The van der Waals surface area contributed by atoms with Crippen molar-refractivity contribution in [2.75, 3.05) is 23.3 Å². The monoisotopic (exact) mass is 330 g/mol. The fourth-order valence-electron chi connectivity index (χ4n) is 2.86. The maximum absolute atomic E-state index is 12.2. The molecule has 2 unspecified atom stereocenters. The molecular formula is C16H22N6O2. The Hall–Kier alpha value is -2.48. The van der Waals surface area contributed by atoms with Crippen LogP contribution in [0.3, 0.4) is 0 Å². The summed E-state index contributed by atoms with van der Waals surface area (Å²) in [7, 11) is 0. The molecule has 3 heterocycles. The SMILES string of the molecule is Cc1cc(NC(=O)C(C)NCC2CCCN2c2cccnn2)no1. The molecule has 3 rings (SSSR count). The number of aryl methyl sites for hydroxylation is 1. The van der Waals surface area contributed by atoms with Crippen LogP contribution in [0, 0.1) is 6.92 Å². The van der Waals surface area contributed by atoms with E-state index in [4.69, 9.17) is 4.52 Å². The van der Waals surface area contributed by atoms with E-state index in [1.54, 1.807) is 19.2 Å². The van der Waals surface area contributed by atoms with Gasteiger partial charge in [-0.05, 0) is 38.8 Å². The van der Waals surface area contributed by atoms with Gasteiger partial charge in [0.05, 0.1) is 6.04 Å². The number of carbonyl (C=O) groups is 1. The summed E-state index contributed by atoms with van der Waals surface area (Å²) < 4.78 is 4.94. The van der Waals surface area contributed by atoms with Crippen LogP contribution in [-0.4, -0.2) is 46.4 Å². The first kappa shape index (κ1) is 16.4. The Labute approximate surface area is 140 Å². The highest BCUT2D eigenvalue weighted by atomic mass is 16.5. The van der Waals surface area contributed by atoms with Gasteiger partial charge in [0.15, 0.2) is 11.6 Å². The number of hydrogen-bond donors (Lipinski definition) is 2. The minimum Gasteiger partial charge on any atom is -0.360 e. The van der Waals surface area contributed by atoms with E-state index < -0.39 is 0 Å². The topological polar surface area (TPSA) is 96.2 Å². The molecule has 1 aliphatic rings. The van der Waals surface area contributed by atoms with Crippen molar-refractivity contribution < 1.29 is 9.32 Å². The van der Waals surface area contributed by atoms with Gasteiger partial charge in [0, 0.05) is 31.4 Å². The summed E-state index contributed by atoms with van der Waals surface area (Å²) in [5.41, 5.74) is 0. The van der Waals surface area contributed by atoms with E-state index in [0.29, 0.717) is 24.2 Å². The zero-order valence-electron chi connectivity index (χ0n) is 13.9. The predicted molar refractivity (Wildman–Crippen MR) is 89.7 cm³/mol. The van der Waals surface area contributed by atoms with Gasteiger partial charge < -0.3 is 20.1 Å². The van der Waals surface area contributed by atoms with E-state index in [2.05, 4.69) is 30.9 Å². The second-order valence-electron chi connectivity index (χ2n) is 6.01. The van der Waals surface area contributed by atoms with Gasteiger partial charge in [-0.1, -0.05) is 5.16 Å². The Kier molecular flexibility index (Phi) is 5.05. The Morgan fingerprint density at radius 3 is 3.12 bits per heavy atom. The molecule has 1 saturated heterocycles. The maximum Gasteiger partial charge on any atom is 0.242 e. The molecule has 0 spiro atoms. The van der Waals surface area contributed by atoms with Crippen LogP contribution in [0.25, 0.3) is 0 Å². The third-order valence-corrected chi connectivity index (χ3v) is 4.16. The Morgan fingerprint density at radius 2 is 2.42 bits per heavy atom. The van der Waals surface area contributed by atoms with Gasteiger partial charge in [-0.25, -0.2) is 0 Å². The number of hydrogen-bond acceptors (Lipinski definition) is 7. The number of carbonyl (C=O) groups excluding carboxylic acids is 1. The molecule has 1 aliphatic heterocycles. The van der Waals surface area contributed by atoms with Gasteiger partial charge in [-0.2, -0.15) is 5.10 Å². The number of aromatic nitrogens is 3. The second-order valence-corrected chi connectivity index (χ2v) is 6.01. The smallest absolute Gasteiger partial charge is 0.242 e. The van der Waals surface area contributed by atoms with Crippen molar-refractivity contribution in [3.05, 3.63) is 30.2 Å². The number of nitrogens with one attached hydrogen (secondary N) is 2. The summed E-state index contributed by atoms with van der Waals surface area (Å²) in [5.74, 6) is 1.86. The van der Waals surface area contributed by atoms with Gasteiger partial charge in [0.2, 0.25) is 5.91 Å². The molecule has 0 radical (unpaired) electrons. The maximum atomic E-state index is 12.2. The van der Waals surface area contributed by atoms with E-state index in [-0.39, 0.29) is 11.9 Å². The second kappa shape index (κ2) is 7.39. The summed E-state index contributed by atoms with van der Waals surface area (Å²) in [4.78, 5) is 14.4. The Balaban J connectivity index is 1.51. The van der Waals surface area contributed by atoms with E-state index in [9.17, 15) is 4.79 Å². The summed E-state index contributed by atoms with van der Waals surface area (Å²) in [5, 5.41) is 17.9. The standard InChI is InChI=1S/C16H22N6O2/c1-11-9-14(21-24-11)19-16(23)12(2)17-10-13-5-4-8-22(13)15-6-3-7-18-20-15/h3,6-7,9,12-13,17H,4-5,8,10H2,1-2H3,(H,19,21,23). The molecule has 8 heteroatoms. The van der Waals surface area contributed by atoms with E-state index in [1.807, 2.05) is 19.1 Å². The van der Waals surface area contributed by atoms with E-state index in [1.165, 1.54) is 0 Å². The molecule has 24 heavy (non-hydrogen) atoms. The van der Waals surface area contributed by atoms with Crippen LogP contribution in [-0.2, 0) is 4.79 Å². The fourth-order valence-corrected chi connectivity index (χ4v) is 2.86. The molecule has 8 nitrogen and oxygen atoms in total. The molecule has 128 valence electrons. The third-order valence-electron chi connectivity index (χ3n) is 4.16. The van der Waals surface area contributed by atoms with Crippen LogP contribution in [0.4, 0.5) is 11.6 Å². The summed E-state index contributed by atoms with van der Waals surface area (Å²) >= 11 is 0. The number of anilines is 2. The Morgan fingerprint density at radius 1 is 1.54 bits per heavy atom. The lowest BCUT2D eigenvalue weighted by Crippen LogP contribution is -2.45. The highest BCUT2D eigenvalue weighted by molar-refractivity contribution is 5.93. The summed E-state index contributed by atoms with van der Waals surface area (Å²) in [6.45, 7) is 5.29. The van der Waals surface area contributed by atoms with Gasteiger partial charge in [0.1, 0.15) is 5.76 Å². The van der Waals surface area contributed by atoms with Gasteiger partial charge in [-0.15, -0.1) is 5.10 Å². The zero-order valence-corrected chi connectivity index (χ0v) is 13.9. The Bertz CT molecular complexity index is 674. The van der Waals surface area contributed by atoms with Crippen LogP contribution in [0.15, 0.2) is 28.9 Å². The molecular weight excluding hydrogens is 308 g/mol. The molecule has 0 aromatic carbocycles. The third kappa shape index (κ3) is 3.88. The lowest BCUT2D eigenvalue weighted by Gasteiger charge is -2.26.